The van der Waals surface area contributed by atoms with E-state index < -0.39 is 0 Å². The Bertz CT molecular complexity index is 808. The third-order valence-electron chi connectivity index (χ3n) is 3.43. The number of para-hydroxylation sites is 2. The van der Waals surface area contributed by atoms with Crippen molar-refractivity contribution in [3.8, 4) is 5.75 Å². The van der Waals surface area contributed by atoms with Gasteiger partial charge in [0.25, 0.3) is 0 Å². The van der Waals surface area contributed by atoms with Crippen LogP contribution in [0.15, 0.2) is 54.9 Å². The first-order valence-corrected chi connectivity index (χ1v) is 7.63. The topological polar surface area (TPSA) is 72.0 Å². The first-order chi connectivity index (χ1) is 11.7. The predicted octanol–water partition coefficient (Wildman–Crippen LogP) is 3.54. The fraction of sp³-hybridized carbons (Fsp3) is 0.167. The number of aromatic nitrogens is 3. The van der Waals surface area contributed by atoms with Gasteiger partial charge in [0.2, 0.25) is 5.95 Å². The number of nitrogens with one attached hydrogen (secondary N) is 2. The summed E-state index contributed by atoms with van der Waals surface area (Å²) in [4.78, 5) is 13.0. The quantitative estimate of drug-likeness (QED) is 0.723. The van der Waals surface area contributed by atoms with Crippen molar-refractivity contribution in [1.82, 2.24) is 15.0 Å². The lowest BCUT2D eigenvalue weighted by Crippen LogP contribution is -2.06. The molecule has 2 N–H and O–H groups in total. The van der Waals surface area contributed by atoms with Gasteiger partial charge in [0.15, 0.2) is 0 Å². The van der Waals surface area contributed by atoms with Gasteiger partial charge >= 0.3 is 0 Å². The molecule has 0 aliphatic rings. The van der Waals surface area contributed by atoms with Crippen molar-refractivity contribution in [3.05, 3.63) is 66.1 Å². The Kier molecular flexibility index (Phi) is 4.86. The second-order valence-electron chi connectivity index (χ2n) is 5.25. The summed E-state index contributed by atoms with van der Waals surface area (Å²) in [5, 5.41) is 6.51. The number of hydrogen-bond donors (Lipinski definition) is 2. The highest BCUT2D eigenvalue weighted by Crippen LogP contribution is 2.26. The fourth-order valence-corrected chi connectivity index (χ4v) is 2.28. The Labute approximate surface area is 141 Å². The molecule has 0 aliphatic heterocycles. The third kappa shape index (κ3) is 3.98. The van der Waals surface area contributed by atoms with Gasteiger partial charge in [-0.1, -0.05) is 12.1 Å². The molecule has 3 aromatic rings. The lowest BCUT2D eigenvalue weighted by atomic mass is 10.3. The van der Waals surface area contributed by atoms with Crippen LogP contribution in [0.2, 0.25) is 0 Å². The molecule has 3 rings (SSSR count). The van der Waals surface area contributed by atoms with Crippen LogP contribution in [0.1, 0.15) is 11.3 Å². The Balaban J connectivity index is 1.76. The van der Waals surface area contributed by atoms with Gasteiger partial charge in [-0.05, 0) is 36.8 Å². The highest BCUT2D eigenvalue weighted by Gasteiger charge is 2.06. The molecule has 122 valence electrons. The van der Waals surface area contributed by atoms with Gasteiger partial charge in [0, 0.05) is 30.7 Å². The van der Waals surface area contributed by atoms with Crippen LogP contribution in [0, 0.1) is 6.92 Å². The number of benzene rings is 1. The number of aryl methyl sites for hydroxylation is 1. The zero-order valence-corrected chi connectivity index (χ0v) is 13.7. The zero-order chi connectivity index (χ0) is 16.8. The van der Waals surface area contributed by atoms with Crippen LogP contribution in [-0.2, 0) is 6.54 Å². The molecule has 0 saturated heterocycles. The number of nitrogens with zero attached hydrogens (tertiary/aromatic N) is 3. The van der Waals surface area contributed by atoms with E-state index in [0.717, 1.165) is 28.5 Å². The third-order valence-corrected chi connectivity index (χ3v) is 3.43. The molecule has 0 unspecified atom stereocenters. The summed E-state index contributed by atoms with van der Waals surface area (Å²) in [6, 6.07) is 13.5. The Morgan fingerprint density at radius 3 is 2.62 bits per heavy atom. The molecule has 0 spiro atoms. The van der Waals surface area contributed by atoms with Crippen LogP contribution in [0.4, 0.5) is 17.5 Å². The highest BCUT2D eigenvalue weighted by atomic mass is 16.5. The molecule has 0 aliphatic carbocycles. The maximum Gasteiger partial charge on any atom is 0.229 e. The molecule has 6 heteroatoms. The lowest BCUT2D eigenvalue weighted by molar-refractivity contribution is 0.417. The average Bonchev–Trinajstić information content (AvgIpc) is 2.61. The van der Waals surface area contributed by atoms with E-state index in [4.69, 9.17) is 4.74 Å². The summed E-state index contributed by atoms with van der Waals surface area (Å²) in [6.45, 7) is 2.61. The summed E-state index contributed by atoms with van der Waals surface area (Å²) in [5.41, 5.74) is 2.84. The summed E-state index contributed by atoms with van der Waals surface area (Å²) in [6.07, 6.45) is 3.55. The van der Waals surface area contributed by atoms with E-state index in [0.29, 0.717) is 12.5 Å². The number of pyridine rings is 1. The second-order valence-corrected chi connectivity index (χ2v) is 5.25. The molecule has 0 atom stereocenters. The Morgan fingerprint density at radius 1 is 1.04 bits per heavy atom. The van der Waals surface area contributed by atoms with Gasteiger partial charge < -0.3 is 15.4 Å². The molecule has 0 bridgehead atoms. The SMILES string of the molecule is COc1ccccc1Nc1nc(C)cc(NCc2ccncc2)n1. The standard InChI is InChI=1S/C18H19N5O/c1-13-11-17(20-12-14-7-9-19-10-8-14)23-18(21-13)22-15-5-3-4-6-16(15)24-2/h3-11H,12H2,1-2H3,(H2,20,21,22,23). The molecule has 24 heavy (non-hydrogen) atoms. The van der Waals surface area contributed by atoms with Crippen LogP contribution in [-0.4, -0.2) is 22.1 Å². The van der Waals surface area contributed by atoms with Crippen molar-refractivity contribution in [3.63, 3.8) is 0 Å². The Morgan fingerprint density at radius 2 is 1.83 bits per heavy atom. The summed E-state index contributed by atoms with van der Waals surface area (Å²) >= 11 is 0. The van der Waals surface area contributed by atoms with Crippen LogP contribution >= 0.6 is 0 Å². The van der Waals surface area contributed by atoms with Gasteiger partial charge in [-0.3, -0.25) is 4.98 Å². The molecule has 0 radical (unpaired) electrons. The number of anilines is 3. The minimum Gasteiger partial charge on any atom is -0.495 e. The Hall–Kier alpha value is -3.15. The minimum atomic E-state index is 0.525. The van der Waals surface area contributed by atoms with Gasteiger partial charge in [-0.25, -0.2) is 4.98 Å². The van der Waals surface area contributed by atoms with Crippen LogP contribution in [0.3, 0.4) is 0 Å². The zero-order valence-electron chi connectivity index (χ0n) is 13.7. The maximum atomic E-state index is 5.34. The van der Waals surface area contributed by atoms with Crippen LogP contribution in [0.25, 0.3) is 0 Å². The molecular formula is C18H19N5O. The first-order valence-electron chi connectivity index (χ1n) is 7.63. The summed E-state index contributed by atoms with van der Waals surface area (Å²) < 4.78 is 5.34. The molecule has 6 nitrogen and oxygen atoms in total. The normalized spacial score (nSPS) is 10.2. The summed E-state index contributed by atoms with van der Waals surface area (Å²) in [7, 11) is 1.64. The molecule has 2 aromatic heterocycles. The lowest BCUT2D eigenvalue weighted by Gasteiger charge is -2.12. The molecule has 2 heterocycles. The number of rotatable bonds is 6. The number of hydrogen-bond acceptors (Lipinski definition) is 6. The number of ether oxygens (including phenoxy) is 1. The van der Waals surface area contributed by atoms with Crippen molar-refractivity contribution in [1.29, 1.82) is 0 Å². The highest BCUT2D eigenvalue weighted by molar-refractivity contribution is 5.63. The average molecular weight is 321 g/mol. The van der Waals surface area contributed by atoms with Gasteiger partial charge in [-0.2, -0.15) is 4.98 Å². The van der Waals surface area contributed by atoms with Crippen LogP contribution < -0.4 is 15.4 Å². The molecular weight excluding hydrogens is 302 g/mol. The van der Waals surface area contributed by atoms with E-state index in [9.17, 15) is 0 Å². The second kappa shape index (κ2) is 7.41. The molecule has 0 amide bonds. The maximum absolute atomic E-state index is 5.34. The van der Waals surface area contributed by atoms with Crippen LogP contribution in [0.5, 0.6) is 5.75 Å². The fourth-order valence-electron chi connectivity index (χ4n) is 2.28. The van der Waals surface area contributed by atoms with E-state index in [2.05, 4.69) is 25.6 Å². The molecule has 0 saturated carbocycles. The molecule has 1 aromatic carbocycles. The minimum absolute atomic E-state index is 0.525. The molecule has 0 fully saturated rings. The van der Waals surface area contributed by atoms with Crippen molar-refractivity contribution >= 4 is 17.5 Å². The van der Waals surface area contributed by atoms with Gasteiger partial charge in [0.05, 0.1) is 12.8 Å². The monoisotopic (exact) mass is 321 g/mol. The van der Waals surface area contributed by atoms with Crippen molar-refractivity contribution in [2.24, 2.45) is 0 Å². The van der Waals surface area contributed by atoms with E-state index >= 15 is 0 Å². The largest absolute Gasteiger partial charge is 0.495 e. The van der Waals surface area contributed by atoms with E-state index in [-0.39, 0.29) is 0 Å². The number of methoxy groups -OCH3 is 1. The van der Waals surface area contributed by atoms with Crippen molar-refractivity contribution < 1.29 is 4.74 Å². The predicted molar refractivity (Wildman–Crippen MR) is 94.6 cm³/mol. The smallest absolute Gasteiger partial charge is 0.229 e. The first kappa shape index (κ1) is 15.7. The van der Waals surface area contributed by atoms with Gasteiger partial charge in [0.1, 0.15) is 11.6 Å². The van der Waals surface area contributed by atoms with Gasteiger partial charge in [-0.15, -0.1) is 0 Å². The van der Waals surface area contributed by atoms with E-state index in [1.165, 1.54) is 0 Å². The summed E-state index contributed by atoms with van der Waals surface area (Å²) in [5.74, 6) is 2.03. The van der Waals surface area contributed by atoms with E-state index in [1.807, 2.05) is 49.4 Å². The van der Waals surface area contributed by atoms with Crippen molar-refractivity contribution in [2.75, 3.05) is 17.7 Å². The van der Waals surface area contributed by atoms with E-state index in [1.54, 1.807) is 19.5 Å². The van der Waals surface area contributed by atoms with Crippen molar-refractivity contribution in [2.45, 2.75) is 13.5 Å².